The molecule has 3 atom stereocenters. The molecular weight excluding hydrogens is 432 g/mol. The quantitative estimate of drug-likeness (QED) is 0.461. The van der Waals surface area contributed by atoms with Crippen molar-refractivity contribution in [3.8, 4) is 11.3 Å². The smallest absolute Gasteiger partial charge is 0.231 e. The number of aromatic nitrogens is 4. The molecule has 0 unspecified atom stereocenters. The number of piperidine rings is 1. The minimum Gasteiger partial charge on any atom is -0.369 e. The summed E-state index contributed by atoms with van der Waals surface area (Å²) in [6.45, 7) is 10.3. The van der Waals surface area contributed by atoms with E-state index in [1.54, 1.807) is 6.33 Å². The van der Waals surface area contributed by atoms with Crippen LogP contribution in [-0.2, 0) is 4.79 Å². The van der Waals surface area contributed by atoms with Gasteiger partial charge >= 0.3 is 0 Å². The minimum atomic E-state index is -0.215. The molecule has 7 nitrogen and oxygen atoms in total. The number of carbonyl (C=O) groups excluding carboxylic acids is 1. The average Bonchev–Trinajstić information content (AvgIpc) is 3.53. The molecule has 4 aromatic rings. The molecule has 6 rings (SSSR count). The topological polar surface area (TPSA) is 92.3 Å². The normalized spacial score (nSPS) is 23.0. The summed E-state index contributed by atoms with van der Waals surface area (Å²) in [6, 6.07) is 2.70. The number of nitrogens with zero attached hydrogens (tertiary/aromatic N) is 4. The zero-order valence-electron chi connectivity index (χ0n) is 19.6. The van der Waals surface area contributed by atoms with Crippen molar-refractivity contribution < 1.29 is 4.79 Å². The maximum Gasteiger partial charge on any atom is 0.231 e. The number of rotatable bonds is 5. The van der Waals surface area contributed by atoms with Crippen LogP contribution < -0.4 is 5.73 Å². The molecule has 5 heterocycles. The number of nitrogens with one attached hydrogen (secondary N) is 1. The summed E-state index contributed by atoms with van der Waals surface area (Å²) in [6.07, 6.45) is 6.01. The van der Waals surface area contributed by atoms with E-state index in [4.69, 9.17) is 5.73 Å². The van der Waals surface area contributed by atoms with Gasteiger partial charge in [-0.05, 0) is 67.2 Å². The lowest BCUT2D eigenvalue weighted by Gasteiger charge is -2.30. The first-order chi connectivity index (χ1) is 15.8. The van der Waals surface area contributed by atoms with Crippen LogP contribution >= 0.6 is 11.3 Å². The average molecular weight is 463 g/mol. The highest BCUT2D eigenvalue weighted by molar-refractivity contribution is 7.19. The lowest BCUT2D eigenvalue weighted by atomic mass is 9.89. The lowest BCUT2D eigenvalue weighted by molar-refractivity contribution is -0.119. The number of nitrogens with two attached hydrogens (primary N) is 1. The zero-order chi connectivity index (χ0) is 23.0. The Labute approximate surface area is 197 Å². The predicted octanol–water partition coefficient (Wildman–Crippen LogP) is 4.34. The number of carbonyl (C=O) groups is 1. The van der Waals surface area contributed by atoms with Crippen LogP contribution in [0.1, 0.15) is 60.1 Å². The van der Waals surface area contributed by atoms with Crippen molar-refractivity contribution in [3.05, 3.63) is 40.2 Å². The van der Waals surface area contributed by atoms with E-state index in [-0.39, 0.29) is 5.91 Å². The highest BCUT2D eigenvalue weighted by Crippen LogP contribution is 2.52. The minimum absolute atomic E-state index is 0.215. The Hall–Kier alpha value is -2.71. The van der Waals surface area contributed by atoms with Gasteiger partial charge in [0, 0.05) is 34.6 Å². The number of aryl methyl sites for hydroxylation is 2. The van der Waals surface area contributed by atoms with Crippen LogP contribution in [0, 0.1) is 19.8 Å². The van der Waals surface area contributed by atoms with Gasteiger partial charge in [-0.3, -0.25) is 9.69 Å². The lowest BCUT2D eigenvalue weighted by Crippen LogP contribution is -2.40. The summed E-state index contributed by atoms with van der Waals surface area (Å²) in [7, 11) is 0. The van der Waals surface area contributed by atoms with Crippen LogP contribution in [-0.4, -0.2) is 49.5 Å². The Morgan fingerprint density at radius 1 is 1.33 bits per heavy atom. The number of fused-ring (bicyclic) bond motifs is 4. The first-order valence-electron chi connectivity index (χ1n) is 11.8. The summed E-state index contributed by atoms with van der Waals surface area (Å²) in [5, 5.41) is 5.77. The second-order valence-electron chi connectivity index (χ2n) is 10.2. The highest BCUT2D eigenvalue weighted by atomic mass is 32.1. The van der Waals surface area contributed by atoms with Crippen molar-refractivity contribution in [1.82, 2.24) is 24.5 Å². The van der Waals surface area contributed by atoms with E-state index in [1.807, 2.05) is 15.9 Å². The molecule has 172 valence electrons. The van der Waals surface area contributed by atoms with Crippen molar-refractivity contribution >= 4 is 33.1 Å². The molecule has 8 heteroatoms. The zero-order valence-corrected chi connectivity index (χ0v) is 20.4. The fourth-order valence-electron chi connectivity index (χ4n) is 6.40. The monoisotopic (exact) mass is 462 g/mol. The Bertz CT molecular complexity index is 1400. The van der Waals surface area contributed by atoms with Crippen LogP contribution in [0.25, 0.3) is 27.1 Å². The van der Waals surface area contributed by atoms with Gasteiger partial charge in [0.2, 0.25) is 5.91 Å². The van der Waals surface area contributed by atoms with Gasteiger partial charge < -0.3 is 10.7 Å². The SMILES string of the molecule is Cc1c([C@H]2C[C@H]3C[C@@H]2CN3CC(N)=O)sc2[nH]c(-c3cc(C)c4ncnn4c3)c(C(C)C)c12. The molecule has 33 heavy (non-hydrogen) atoms. The number of pyridine rings is 1. The molecule has 4 aromatic heterocycles. The van der Waals surface area contributed by atoms with Crippen LogP contribution in [0.2, 0.25) is 0 Å². The van der Waals surface area contributed by atoms with Gasteiger partial charge in [-0.25, -0.2) is 9.50 Å². The standard InChI is InChI=1S/C25H30N6OS/c1-12(2)20-21-14(4)23(18-7-17-6-15(18)8-30(17)10-19(26)32)33-25(21)29-22(20)16-5-13(3)24-27-11-28-31(24)9-16/h5,9,11-12,15,17-18,29H,6-8,10H2,1-4H3,(H2,26,32)/t15-,17-,18+/m1/s1. The van der Waals surface area contributed by atoms with Gasteiger partial charge in [0.05, 0.1) is 12.2 Å². The molecule has 0 radical (unpaired) electrons. The van der Waals surface area contributed by atoms with E-state index < -0.39 is 0 Å². The van der Waals surface area contributed by atoms with Gasteiger partial charge in [-0.1, -0.05) is 13.8 Å². The predicted molar refractivity (Wildman–Crippen MR) is 132 cm³/mol. The Morgan fingerprint density at radius 3 is 2.85 bits per heavy atom. The number of H-pyrrole nitrogens is 1. The van der Waals surface area contributed by atoms with Crippen molar-refractivity contribution in [3.63, 3.8) is 0 Å². The fraction of sp³-hybridized carbons (Fsp3) is 0.480. The van der Waals surface area contributed by atoms with Gasteiger partial charge in [0.25, 0.3) is 0 Å². The van der Waals surface area contributed by atoms with Crippen molar-refractivity contribution in [1.29, 1.82) is 0 Å². The van der Waals surface area contributed by atoms with Gasteiger partial charge in [0.1, 0.15) is 11.2 Å². The van der Waals surface area contributed by atoms with E-state index in [0.717, 1.165) is 29.7 Å². The third-order valence-corrected chi connectivity index (χ3v) is 9.08. The summed E-state index contributed by atoms with van der Waals surface area (Å²) >= 11 is 1.93. The molecule has 0 spiro atoms. The van der Waals surface area contributed by atoms with Crippen molar-refractivity contribution in [2.45, 2.75) is 58.4 Å². The second kappa shape index (κ2) is 7.40. The first-order valence-corrected chi connectivity index (χ1v) is 12.6. The maximum absolute atomic E-state index is 11.4. The number of thiophene rings is 1. The van der Waals surface area contributed by atoms with E-state index in [0.29, 0.717) is 30.3 Å². The molecule has 1 aliphatic carbocycles. The van der Waals surface area contributed by atoms with Gasteiger partial charge in [-0.2, -0.15) is 5.10 Å². The molecular formula is C25H30N6OS. The van der Waals surface area contributed by atoms with Gasteiger partial charge in [0.15, 0.2) is 5.65 Å². The van der Waals surface area contributed by atoms with Crippen molar-refractivity contribution in [2.75, 3.05) is 13.1 Å². The van der Waals surface area contributed by atoms with E-state index in [1.165, 1.54) is 38.3 Å². The molecule has 1 aliphatic heterocycles. The number of likely N-dealkylation sites (tertiary alicyclic amines) is 1. The molecule has 1 saturated carbocycles. The number of aromatic amines is 1. The second-order valence-corrected chi connectivity index (χ2v) is 11.2. The summed E-state index contributed by atoms with van der Waals surface area (Å²) in [4.78, 5) is 24.7. The number of hydrogen-bond acceptors (Lipinski definition) is 5. The van der Waals surface area contributed by atoms with Crippen LogP contribution in [0.15, 0.2) is 18.6 Å². The first kappa shape index (κ1) is 20.9. The summed E-state index contributed by atoms with van der Waals surface area (Å²) in [5.74, 6) is 1.39. The van der Waals surface area contributed by atoms with E-state index >= 15 is 0 Å². The third kappa shape index (κ3) is 3.14. The fourth-order valence-corrected chi connectivity index (χ4v) is 7.83. The largest absolute Gasteiger partial charge is 0.369 e. The number of primary amides is 1. The van der Waals surface area contributed by atoms with Gasteiger partial charge in [-0.15, -0.1) is 11.3 Å². The van der Waals surface area contributed by atoms with Crippen LogP contribution in [0.3, 0.4) is 0 Å². The van der Waals surface area contributed by atoms with E-state index in [2.05, 4.69) is 59.9 Å². The van der Waals surface area contributed by atoms with Crippen LogP contribution in [0.5, 0.6) is 0 Å². The molecule has 1 amide bonds. The van der Waals surface area contributed by atoms with Crippen molar-refractivity contribution in [2.24, 2.45) is 11.7 Å². The highest BCUT2D eigenvalue weighted by Gasteiger charge is 2.46. The van der Waals surface area contributed by atoms with Crippen LogP contribution in [0.4, 0.5) is 0 Å². The molecule has 2 aliphatic rings. The molecule has 2 fully saturated rings. The molecule has 2 bridgehead atoms. The van der Waals surface area contributed by atoms with E-state index in [9.17, 15) is 4.79 Å². The Balaban J connectivity index is 1.41. The summed E-state index contributed by atoms with van der Waals surface area (Å²) < 4.78 is 1.87. The molecule has 3 N–H and O–H groups in total. The Kier molecular flexibility index (Phi) is 4.68. The Morgan fingerprint density at radius 2 is 2.15 bits per heavy atom. The summed E-state index contributed by atoms with van der Waals surface area (Å²) in [5.41, 5.74) is 12.7. The number of hydrogen-bond donors (Lipinski definition) is 2. The number of amides is 1. The molecule has 0 aromatic carbocycles. The maximum atomic E-state index is 11.4. The molecule has 1 saturated heterocycles. The third-order valence-electron chi connectivity index (χ3n) is 7.74.